The molecule has 26 heavy (non-hydrogen) atoms. The van der Waals surface area contributed by atoms with E-state index in [1.807, 2.05) is 0 Å². The van der Waals surface area contributed by atoms with Crippen LogP contribution in [0.15, 0.2) is 24.3 Å². The van der Waals surface area contributed by atoms with Gasteiger partial charge in [0.25, 0.3) is 0 Å². The van der Waals surface area contributed by atoms with Gasteiger partial charge in [-0.1, -0.05) is 0 Å². The molecule has 0 N–H and O–H groups in total. The molecule has 0 amide bonds. The van der Waals surface area contributed by atoms with Crippen LogP contribution in [0.4, 0.5) is 0 Å². The Hall–Kier alpha value is -2.04. The minimum absolute atomic E-state index is 0.271. The van der Waals surface area contributed by atoms with Gasteiger partial charge in [-0.2, -0.15) is 0 Å². The maximum absolute atomic E-state index is 5.95. The number of hydrogen-bond donors (Lipinski definition) is 0. The fraction of sp³-hybridized carbons (Fsp3) is 0.455. The maximum atomic E-state index is 5.95. The van der Waals surface area contributed by atoms with E-state index < -0.39 is 0 Å². The van der Waals surface area contributed by atoms with Crippen molar-refractivity contribution in [1.29, 1.82) is 0 Å². The monoisotopic (exact) mass is 354 g/mol. The summed E-state index contributed by atoms with van der Waals surface area (Å²) >= 11 is 0. The van der Waals surface area contributed by atoms with Gasteiger partial charge >= 0.3 is 0 Å². The van der Waals surface area contributed by atoms with E-state index in [9.17, 15) is 0 Å². The van der Waals surface area contributed by atoms with Crippen LogP contribution in [0.3, 0.4) is 0 Å². The molecule has 2 aromatic rings. The van der Waals surface area contributed by atoms with Crippen LogP contribution >= 0.6 is 0 Å². The minimum Gasteiger partial charge on any atom is -0.490 e. The highest BCUT2D eigenvalue weighted by molar-refractivity contribution is 5.70. The van der Waals surface area contributed by atoms with Gasteiger partial charge in [-0.15, -0.1) is 0 Å². The maximum Gasteiger partial charge on any atom is 0.125 e. The second-order valence-corrected chi connectivity index (χ2v) is 7.41. The first-order valence-electron chi connectivity index (χ1n) is 9.23. The van der Waals surface area contributed by atoms with Crippen molar-refractivity contribution in [2.45, 2.75) is 39.9 Å². The second-order valence-electron chi connectivity index (χ2n) is 7.41. The summed E-state index contributed by atoms with van der Waals surface area (Å²) in [6.07, 6.45) is 0.541. The first-order chi connectivity index (χ1) is 12.5. The summed E-state index contributed by atoms with van der Waals surface area (Å²) in [7, 11) is 0. The van der Waals surface area contributed by atoms with Gasteiger partial charge in [0.15, 0.2) is 0 Å². The van der Waals surface area contributed by atoms with Gasteiger partial charge in [-0.25, -0.2) is 0 Å². The van der Waals surface area contributed by atoms with E-state index in [0.717, 1.165) is 47.0 Å². The number of hydrogen-bond acceptors (Lipinski definition) is 4. The van der Waals surface area contributed by atoms with Crippen molar-refractivity contribution >= 4 is 0 Å². The fourth-order valence-corrected chi connectivity index (χ4v) is 3.37. The fourth-order valence-electron chi connectivity index (χ4n) is 3.37. The number of benzene rings is 2. The Labute approximate surface area is 155 Å². The third kappa shape index (κ3) is 3.87. The molecule has 0 bridgehead atoms. The van der Waals surface area contributed by atoms with E-state index in [2.05, 4.69) is 52.0 Å². The number of rotatable bonds is 7. The molecule has 0 spiro atoms. The van der Waals surface area contributed by atoms with Crippen molar-refractivity contribution in [2.24, 2.45) is 0 Å². The molecule has 0 unspecified atom stereocenters. The molecule has 4 heteroatoms. The molecular formula is C22H26O4. The molecule has 4 nitrogen and oxygen atoms in total. The summed E-state index contributed by atoms with van der Waals surface area (Å²) in [6, 6.07) is 8.79. The van der Waals surface area contributed by atoms with Crippen molar-refractivity contribution in [3.05, 3.63) is 46.5 Å². The molecule has 0 aromatic heterocycles. The molecule has 2 aliphatic heterocycles. The number of ether oxygens (including phenoxy) is 4. The Bertz CT molecular complexity index is 703. The highest BCUT2D eigenvalue weighted by Gasteiger charge is 2.25. The van der Waals surface area contributed by atoms with Gasteiger partial charge in [0.05, 0.1) is 13.2 Å². The molecule has 2 heterocycles. The highest BCUT2D eigenvalue weighted by atomic mass is 16.6. The van der Waals surface area contributed by atoms with Gasteiger partial charge in [-0.05, 0) is 85.3 Å². The lowest BCUT2D eigenvalue weighted by molar-refractivity contribution is 0.260. The molecule has 2 saturated heterocycles. The molecular weight excluding hydrogens is 328 g/mol. The van der Waals surface area contributed by atoms with E-state index in [-0.39, 0.29) is 12.2 Å². The van der Waals surface area contributed by atoms with Crippen LogP contribution in [0.5, 0.6) is 11.5 Å². The first-order valence-corrected chi connectivity index (χ1v) is 9.23. The summed E-state index contributed by atoms with van der Waals surface area (Å²) < 4.78 is 22.4. The van der Waals surface area contributed by atoms with E-state index in [4.69, 9.17) is 18.9 Å². The Kier molecular flexibility index (Phi) is 4.63. The quantitative estimate of drug-likeness (QED) is 0.701. The first kappa shape index (κ1) is 17.4. The van der Waals surface area contributed by atoms with Crippen molar-refractivity contribution in [3.8, 4) is 22.6 Å². The molecule has 138 valence electrons. The van der Waals surface area contributed by atoms with E-state index in [0.29, 0.717) is 13.2 Å². The zero-order valence-corrected chi connectivity index (χ0v) is 15.9. The zero-order chi connectivity index (χ0) is 18.3. The van der Waals surface area contributed by atoms with Gasteiger partial charge < -0.3 is 18.9 Å². The van der Waals surface area contributed by atoms with Crippen molar-refractivity contribution in [1.82, 2.24) is 0 Å². The van der Waals surface area contributed by atoms with Crippen molar-refractivity contribution < 1.29 is 18.9 Å². The van der Waals surface area contributed by atoms with E-state index in [1.165, 1.54) is 11.1 Å². The second kappa shape index (κ2) is 6.93. The molecule has 4 rings (SSSR count). The van der Waals surface area contributed by atoms with E-state index in [1.54, 1.807) is 0 Å². The summed E-state index contributed by atoms with van der Waals surface area (Å²) in [5.41, 5.74) is 7.03. The summed E-state index contributed by atoms with van der Waals surface area (Å²) in [6.45, 7) is 11.3. The predicted molar refractivity (Wildman–Crippen MR) is 101 cm³/mol. The van der Waals surface area contributed by atoms with Crippen LogP contribution < -0.4 is 9.47 Å². The smallest absolute Gasteiger partial charge is 0.125 e. The van der Waals surface area contributed by atoms with Crippen LogP contribution in [0, 0.1) is 27.7 Å². The van der Waals surface area contributed by atoms with Crippen molar-refractivity contribution in [3.63, 3.8) is 0 Å². The molecule has 0 aliphatic carbocycles. The predicted octanol–water partition coefficient (Wildman–Crippen LogP) is 4.14. The SMILES string of the molecule is Cc1cc(-c2cc(C)c(OC[C@@H]3CO3)c(C)c2)cc(C)c1OC[C@@H]1CO1. The lowest BCUT2D eigenvalue weighted by Gasteiger charge is -2.16. The van der Waals surface area contributed by atoms with Crippen LogP contribution in [0.25, 0.3) is 11.1 Å². The van der Waals surface area contributed by atoms with Gasteiger partial charge in [0.2, 0.25) is 0 Å². The molecule has 0 radical (unpaired) electrons. The average molecular weight is 354 g/mol. The Balaban J connectivity index is 1.57. The van der Waals surface area contributed by atoms with Gasteiger partial charge in [0, 0.05) is 0 Å². The third-order valence-electron chi connectivity index (χ3n) is 4.89. The van der Waals surface area contributed by atoms with Crippen LogP contribution in [-0.4, -0.2) is 38.6 Å². The molecule has 0 saturated carbocycles. The Morgan fingerprint density at radius 3 is 1.27 bits per heavy atom. The van der Waals surface area contributed by atoms with Crippen LogP contribution in [0.1, 0.15) is 22.3 Å². The minimum atomic E-state index is 0.271. The van der Waals surface area contributed by atoms with Crippen LogP contribution in [0.2, 0.25) is 0 Å². The van der Waals surface area contributed by atoms with E-state index >= 15 is 0 Å². The van der Waals surface area contributed by atoms with Crippen molar-refractivity contribution in [2.75, 3.05) is 26.4 Å². The van der Waals surface area contributed by atoms with Gasteiger partial charge in [-0.3, -0.25) is 0 Å². The largest absolute Gasteiger partial charge is 0.490 e. The topological polar surface area (TPSA) is 43.5 Å². The normalized spacial score (nSPS) is 20.8. The highest BCUT2D eigenvalue weighted by Crippen LogP contribution is 2.34. The Morgan fingerprint density at radius 1 is 0.692 bits per heavy atom. The Morgan fingerprint density at radius 2 is 1.00 bits per heavy atom. The molecule has 2 aromatic carbocycles. The number of epoxide rings is 2. The van der Waals surface area contributed by atoms with Crippen LogP contribution in [-0.2, 0) is 9.47 Å². The summed E-state index contributed by atoms with van der Waals surface area (Å²) in [5.74, 6) is 1.95. The summed E-state index contributed by atoms with van der Waals surface area (Å²) in [4.78, 5) is 0. The van der Waals surface area contributed by atoms with Gasteiger partial charge in [0.1, 0.15) is 36.9 Å². The molecule has 2 aliphatic rings. The standard InChI is InChI=1S/C22H26O4/c1-13-5-17(6-14(2)21(13)25-11-19-9-23-19)18-7-15(3)22(16(4)8-18)26-12-20-10-24-20/h5-8,19-20H,9-12H2,1-4H3/t19-,20-/m0/s1. The third-order valence-corrected chi connectivity index (χ3v) is 4.89. The summed E-state index contributed by atoms with van der Waals surface area (Å²) in [5, 5.41) is 0. The lowest BCUT2D eigenvalue weighted by atomic mass is 9.96. The zero-order valence-electron chi connectivity index (χ0n) is 15.9. The molecule has 2 atom stereocenters. The lowest BCUT2D eigenvalue weighted by Crippen LogP contribution is -2.07. The number of aryl methyl sites for hydroxylation is 4. The average Bonchev–Trinajstić information content (AvgIpc) is 3.47. The molecule has 2 fully saturated rings.